The van der Waals surface area contributed by atoms with E-state index in [1.807, 2.05) is 6.07 Å². The Morgan fingerprint density at radius 3 is 2.75 bits per heavy atom. The fraction of sp³-hybridized carbons (Fsp3) is 0.529. The molecular weight excluding hydrogens is 306 g/mol. The summed E-state index contributed by atoms with van der Waals surface area (Å²) in [6.45, 7) is 4.76. The highest BCUT2D eigenvalue weighted by molar-refractivity contribution is 5.35. The highest BCUT2D eigenvalue weighted by Gasteiger charge is 2.28. The number of pyridine rings is 1. The number of rotatable bonds is 3. The van der Waals surface area contributed by atoms with Crippen molar-refractivity contribution < 1.29 is 4.52 Å². The molecule has 7 nitrogen and oxygen atoms in total. The molecule has 0 spiro atoms. The molecule has 3 atom stereocenters. The Hall–Kier alpha value is -2.44. The van der Waals surface area contributed by atoms with E-state index < -0.39 is 0 Å². The van der Waals surface area contributed by atoms with Crippen molar-refractivity contribution in [1.29, 1.82) is 0 Å². The van der Waals surface area contributed by atoms with Crippen LogP contribution in [0.15, 0.2) is 33.7 Å². The predicted octanol–water partition coefficient (Wildman–Crippen LogP) is 2.47. The van der Waals surface area contributed by atoms with Crippen molar-refractivity contribution in [1.82, 2.24) is 24.3 Å². The number of fused-ring (bicyclic) bond motifs is 1. The molecule has 0 N–H and O–H groups in total. The van der Waals surface area contributed by atoms with Gasteiger partial charge < -0.3 is 4.52 Å². The second kappa shape index (κ2) is 5.89. The molecule has 7 heteroatoms. The molecule has 0 aromatic carbocycles. The lowest BCUT2D eigenvalue weighted by Gasteiger charge is -2.29. The van der Waals surface area contributed by atoms with Gasteiger partial charge in [-0.1, -0.05) is 25.1 Å². The molecule has 1 fully saturated rings. The fourth-order valence-electron chi connectivity index (χ4n) is 3.86. The zero-order chi connectivity index (χ0) is 16.7. The maximum absolute atomic E-state index is 12.3. The standard InChI is InChI=1S/C17H21N5O2/c1-11-7-12(2)9-13(8-11)16-18-15(24-20-16)10-22-17(23)21-6-4-3-5-14(21)19-22/h3-6,11-13H,7-10H2,1-2H3/t11-,12+,13?. The van der Waals surface area contributed by atoms with E-state index in [0.717, 1.165) is 18.7 Å². The Morgan fingerprint density at radius 1 is 1.21 bits per heavy atom. The Bertz CT molecular complexity index is 899. The highest BCUT2D eigenvalue weighted by Crippen LogP contribution is 2.37. The van der Waals surface area contributed by atoms with Crippen molar-refractivity contribution >= 4 is 5.65 Å². The van der Waals surface area contributed by atoms with Gasteiger partial charge in [0.2, 0.25) is 5.89 Å². The molecule has 126 valence electrons. The monoisotopic (exact) mass is 327 g/mol. The molecule has 3 heterocycles. The summed E-state index contributed by atoms with van der Waals surface area (Å²) in [5.74, 6) is 2.91. The lowest BCUT2D eigenvalue weighted by Crippen LogP contribution is -2.22. The number of nitrogens with zero attached hydrogens (tertiary/aromatic N) is 5. The molecule has 0 saturated heterocycles. The number of aromatic nitrogens is 5. The van der Waals surface area contributed by atoms with E-state index in [9.17, 15) is 4.79 Å². The molecule has 0 amide bonds. The third-order valence-corrected chi connectivity index (χ3v) is 4.80. The normalized spacial score (nSPS) is 24.5. The summed E-state index contributed by atoms with van der Waals surface area (Å²) in [6, 6.07) is 5.45. The Labute approximate surface area is 139 Å². The van der Waals surface area contributed by atoms with Crippen LogP contribution in [0, 0.1) is 11.8 Å². The van der Waals surface area contributed by atoms with Crippen LogP contribution in [0.3, 0.4) is 0 Å². The van der Waals surface area contributed by atoms with E-state index in [4.69, 9.17) is 4.52 Å². The summed E-state index contributed by atoms with van der Waals surface area (Å²) in [5, 5.41) is 8.45. The van der Waals surface area contributed by atoms with Crippen LogP contribution in [0.5, 0.6) is 0 Å². The van der Waals surface area contributed by atoms with Crippen LogP contribution in [-0.2, 0) is 6.54 Å². The van der Waals surface area contributed by atoms with Crippen molar-refractivity contribution in [3.63, 3.8) is 0 Å². The van der Waals surface area contributed by atoms with Crippen molar-refractivity contribution in [3.8, 4) is 0 Å². The average Bonchev–Trinajstić information content (AvgIpc) is 3.13. The molecule has 3 aromatic heterocycles. The van der Waals surface area contributed by atoms with Gasteiger partial charge in [-0.3, -0.25) is 4.40 Å². The molecule has 0 bridgehead atoms. The quantitative estimate of drug-likeness (QED) is 0.738. The van der Waals surface area contributed by atoms with Crippen LogP contribution in [0.25, 0.3) is 5.65 Å². The van der Waals surface area contributed by atoms with E-state index >= 15 is 0 Å². The van der Waals surface area contributed by atoms with Gasteiger partial charge in [-0.25, -0.2) is 9.48 Å². The molecule has 1 aliphatic rings. The maximum atomic E-state index is 12.3. The molecule has 1 unspecified atom stereocenters. The van der Waals surface area contributed by atoms with Crippen LogP contribution >= 0.6 is 0 Å². The third-order valence-electron chi connectivity index (χ3n) is 4.80. The van der Waals surface area contributed by atoms with Crippen molar-refractivity contribution in [2.45, 2.75) is 45.6 Å². The van der Waals surface area contributed by atoms with Gasteiger partial charge in [0.15, 0.2) is 11.5 Å². The van der Waals surface area contributed by atoms with Gasteiger partial charge in [-0.2, -0.15) is 4.98 Å². The fourth-order valence-corrected chi connectivity index (χ4v) is 3.86. The summed E-state index contributed by atoms with van der Waals surface area (Å²) in [7, 11) is 0. The molecule has 1 aliphatic carbocycles. The molecule has 24 heavy (non-hydrogen) atoms. The smallest absolute Gasteiger partial charge is 0.337 e. The predicted molar refractivity (Wildman–Crippen MR) is 87.8 cm³/mol. The summed E-state index contributed by atoms with van der Waals surface area (Å²) in [6.07, 6.45) is 5.15. The van der Waals surface area contributed by atoms with E-state index in [2.05, 4.69) is 29.1 Å². The van der Waals surface area contributed by atoms with Gasteiger partial charge >= 0.3 is 5.69 Å². The van der Waals surface area contributed by atoms with E-state index in [-0.39, 0.29) is 12.2 Å². The topological polar surface area (TPSA) is 78.2 Å². The Morgan fingerprint density at radius 2 is 2.00 bits per heavy atom. The van der Waals surface area contributed by atoms with Crippen LogP contribution in [0.2, 0.25) is 0 Å². The highest BCUT2D eigenvalue weighted by atomic mass is 16.5. The van der Waals surface area contributed by atoms with Crippen molar-refractivity contribution in [2.75, 3.05) is 0 Å². The summed E-state index contributed by atoms with van der Waals surface area (Å²) < 4.78 is 8.23. The third kappa shape index (κ3) is 2.74. The van der Waals surface area contributed by atoms with Gasteiger partial charge in [0.05, 0.1) is 0 Å². The van der Waals surface area contributed by atoms with Crippen molar-refractivity contribution in [3.05, 3.63) is 46.6 Å². The first-order valence-corrected chi connectivity index (χ1v) is 8.47. The lowest BCUT2D eigenvalue weighted by molar-refractivity contribution is 0.257. The van der Waals surface area contributed by atoms with Crippen LogP contribution in [0.1, 0.15) is 50.7 Å². The number of hydrogen-bond acceptors (Lipinski definition) is 5. The summed E-state index contributed by atoms with van der Waals surface area (Å²) in [4.78, 5) is 16.8. The van der Waals surface area contributed by atoms with E-state index in [1.165, 1.54) is 15.5 Å². The lowest BCUT2D eigenvalue weighted by atomic mass is 9.76. The zero-order valence-corrected chi connectivity index (χ0v) is 13.9. The van der Waals surface area contributed by atoms with Crippen LogP contribution in [-0.4, -0.2) is 24.3 Å². The largest absolute Gasteiger partial charge is 0.350 e. The average molecular weight is 327 g/mol. The molecule has 3 aromatic rings. The molecule has 0 radical (unpaired) electrons. The zero-order valence-electron chi connectivity index (χ0n) is 13.9. The maximum Gasteiger partial charge on any atom is 0.350 e. The van der Waals surface area contributed by atoms with Gasteiger partial charge in [-0.15, -0.1) is 5.10 Å². The summed E-state index contributed by atoms with van der Waals surface area (Å²) in [5.41, 5.74) is 0.405. The number of hydrogen-bond donors (Lipinski definition) is 0. The Kier molecular flexibility index (Phi) is 3.70. The van der Waals surface area contributed by atoms with Crippen LogP contribution < -0.4 is 5.69 Å². The van der Waals surface area contributed by atoms with E-state index in [0.29, 0.717) is 29.3 Å². The van der Waals surface area contributed by atoms with E-state index in [1.54, 1.807) is 18.3 Å². The molecule has 4 rings (SSSR count). The minimum atomic E-state index is -0.203. The van der Waals surface area contributed by atoms with Gasteiger partial charge in [0, 0.05) is 12.1 Å². The minimum Gasteiger partial charge on any atom is -0.337 e. The summed E-state index contributed by atoms with van der Waals surface area (Å²) >= 11 is 0. The van der Waals surface area contributed by atoms with Gasteiger partial charge in [0.25, 0.3) is 0 Å². The SMILES string of the molecule is C[C@@H]1CC(c2noc(Cn3nc4ccccn4c3=O)n2)C[C@H](C)C1. The van der Waals surface area contributed by atoms with Gasteiger partial charge in [0.1, 0.15) is 6.54 Å². The first-order valence-electron chi connectivity index (χ1n) is 8.47. The second-order valence-electron chi connectivity index (χ2n) is 7.03. The molecular formula is C17H21N5O2. The van der Waals surface area contributed by atoms with Crippen LogP contribution in [0.4, 0.5) is 0 Å². The first kappa shape index (κ1) is 15.1. The molecule has 0 aliphatic heterocycles. The molecule has 1 saturated carbocycles. The first-order chi connectivity index (χ1) is 11.6. The van der Waals surface area contributed by atoms with Crippen molar-refractivity contribution in [2.24, 2.45) is 11.8 Å². The minimum absolute atomic E-state index is 0.200. The second-order valence-corrected chi connectivity index (χ2v) is 7.03. The Balaban J connectivity index is 1.56. The van der Waals surface area contributed by atoms with Gasteiger partial charge in [-0.05, 0) is 43.2 Å².